The van der Waals surface area contributed by atoms with Crippen LogP contribution >= 0.6 is 0 Å². The van der Waals surface area contributed by atoms with E-state index in [1.54, 1.807) is 0 Å². The van der Waals surface area contributed by atoms with Crippen LogP contribution in [0.4, 0.5) is 0 Å². The van der Waals surface area contributed by atoms with Crippen molar-refractivity contribution in [3.8, 4) is 0 Å². The van der Waals surface area contributed by atoms with Crippen LogP contribution in [-0.4, -0.2) is 12.6 Å². The molecule has 0 radical (unpaired) electrons. The Morgan fingerprint density at radius 1 is 1.00 bits per heavy atom. The van der Waals surface area contributed by atoms with E-state index in [9.17, 15) is 0 Å². The molecule has 1 nitrogen and oxygen atoms in total. The van der Waals surface area contributed by atoms with Crippen LogP contribution in [0.1, 0.15) is 71.6 Å². The lowest BCUT2D eigenvalue weighted by atomic mass is 9.81. The zero-order chi connectivity index (χ0) is 10.9. The number of hydrogen-bond donors (Lipinski definition) is 1. The van der Waals surface area contributed by atoms with E-state index in [1.165, 1.54) is 64.3 Å². The maximum atomic E-state index is 3.75. The van der Waals surface area contributed by atoms with E-state index in [0.717, 1.165) is 12.0 Å². The van der Waals surface area contributed by atoms with Gasteiger partial charge in [-0.15, -0.1) is 0 Å². The van der Waals surface area contributed by atoms with Gasteiger partial charge in [0.2, 0.25) is 0 Å². The minimum Gasteiger partial charge on any atom is -0.314 e. The van der Waals surface area contributed by atoms with Crippen LogP contribution in [-0.2, 0) is 0 Å². The molecule has 2 unspecified atom stereocenters. The molecule has 0 heterocycles. The molecule has 0 saturated heterocycles. The zero-order valence-electron chi connectivity index (χ0n) is 10.7. The lowest BCUT2D eigenvalue weighted by Crippen LogP contribution is -2.38. The van der Waals surface area contributed by atoms with E-state index >= 15 is 0 Å². The summed E-state index contributed by atoms with van der Waals surface area (Å²) in [6, 6.07) is 0.843. The second kappa shape index (κ2) is 8.15. The van der Waals surface area contributed by atoms with Crippen molar-refractivity contribution in [1.82, 2.24) is 5.32 Å². The van der Waals surface area contributed by atoms with Gasteiger partial charge in [-0.3, -0.25) is 0 Å². The van der Waals surface area contributed by atoms with Gasteiger partial charge in [0.15, 0.2) is 0 Å². The van der Waals surface area contributed by atoms with E-state index in [1.807, 2.05) is 0 Å². The predicted molar refractivity (Wildman–Crippen MR) is 68.2 cm³/mol. The number of unbranched alkanes of at least 4 members (excludes halogenated alkanes) is 2. The quantitative estimate of drug-likeness (QED) is 0.624. The van der Waals surface area contributed by atoms with E-state index < -0.39 is 0 Å². The van der Waals surface area contributed by atoms with Crippen LogP contribution in [0.5, 0.6) is 0 Å². The summed E-state index contributed by atoms with van der Waals surface area (Å²) >= 11 is 0. The third kappa shape index (κ3) is 5.01. The van der Waals surface area contributed by atoms with Gasteiger partial charge in [-0.1, -0.05) is 46.0 Å². The summed E-state index contributed by atoms with van der Waals surface area (Å²) in [4.78, 5) is 0. The summed E-state index contributed by atoms with van der Waals surface area (Å²) in [5.41, 5.74) is 0. The van der Waals surface area contributed by atoms with Crippen molar-refractivity contribution < 1.29 is 0 Å². The van der Waals surface area contributed by atoms with E-state index in [2.05, 4.69) is 19.2 Å². The Labute approximate surface area is 96.0 Å². The third-order valence-corrected chi connectivity index (χ3v) is 3.74. The second-order valence-electron chi connectivity index (χ2n) is 5.10. The normalized spacial score (nSPS) is 26.8. The molecule has 2 atom stereocenters. The molecule has 0 aliphatic heterocycles. The third-order valence-electron chi connectivity index (χ3n) is 3.74. The van der Waals surface area contributed by atoms with Crippen molar-refractivity contribution >= 4 is 0 Å². The summed E-state index contributed by atoms with van der Waals surface area (Å²) in [5.74, 6) is 0.983. The lowest BCUT2D eigenvalue weighted by Gasteiger charge is -2.32. The van der Waals surface area contributed by atoms with Gasteiger partial charge in [-0.25, -0.2) is 0 Å². The molecule has 1 N–H and O–H groups in total. The fourth-order valence-corrected chi connectivity index (χ4v) is 2.81. The number of hydrogen-bond acceptors (Lipinski definition) is 1. The molecule has 0 bridgehead atoms. The van der Waals surface area contributed by atoms with Crippen molar-refractivity contribution in [3.05, 3.63) is 0 Å². The molecule has 1 aliphatic rings. The molecular formula is C14H29N. The summed E-state index contributed by atoms with van der Waals surface area (Å²) in [5, 5.41) is 3.75. The molecule has 15 heavy (non-hydrogen) atoms. The van der Waals surface area contributed by atoms with Crippen LogP contribution in [0.25, 0.3) is 0 Å². The molecule has 0 spiro atoms. The van der Waals surface area contributed by atoms with Crippen LogP contribution in [0.2, 0.25) is 0 Å². The molecular weight excluding hydrogens is 182 g/mol. The highest BCUT2D eigenvalue weighted by molar-refractivity contribution is 4.80. The summed E-state index contributed by atoms with van der Waals surface area (Å²) in [6.07, 6.45) is 12.8. The topological polar surface area (TPSA) is 12.0 Å². The number of nitrogens with one attached hydrogen (secondary N) is 1. The van der Waals surface area contributed by atoms with E-state index in [-0.39, 0.29) is 0 Å². The molecule has 1 rings (SSSR count). The molecule has 1 heteroatoms. The minimum absolute atomic E-state index is 0.843. The molecule has 1 fully saturated rings. The average Bonchev–Trinajstić information content (AvgIpc) is 2.28. The number of rotatable bonds is 7. The first-order valence-corrected chi connectivity index (χ1v) is 7.11. The zero-order valence-corrected chi connectivity index (χ0v) is 10.7. The van der Waals surface area contributed by atoms with Gasteiger partial charge in [-0.05, 0) is 38.1 Å². The van der Waals surface area contributed by atoms with Crippen LogP contribution in [0.15, 0.2) is 0 Å². The Balaban J connectivity index is 2.22. The van der Waals surface area contributed by atoms with Gasteiger partial charge in [-0.2, -0.15) is 0 Å². The monoisotopic (exact) mass is 211 g/mol. The minimum atomic E-state index is 0.843. The summed E-state index contributed by atoms with van der Waals surface area (Å²) < 4.78 is 0. The smallest absolute Gasteiger partial charge is 0.00953 e. The van der Waals surface area contributed by atoms with Gasteiger partial charge in [0.25, 0.3) is 0 Å². The Kier molecular flexibility index (Phi) is 7.08. The largest absolute Gasteiger partial charge is 0.314 e. The first-order chi connectivity index (χ1) is 7.38. The first-order valence-electron chi connectivity index (χ1n) is 7.11. The van der Waals surface area contributed by atoms with Crippen LogP contribution in [0, 0.1) is 5.92 Å². The summed E-state index contributed by atoms with van der Waals surface area (Å²) in [7, 11) is 0. The summed E-state index contributed by atoms with van der Waals surface area (Å²) in [6.45, 7) is 5.78. The van der Waals surface area contributed by atoms with Gasteiger partial charge in [0.05, 0.1) is 0 Å². The second-order valence-corrected chi connectivity index (χ2v) is 5.10. The van der Waals surface area contributed by atoms with Gasteiger partial charge < -0.3 is 5.32 Å². The van der Waals surface area contributed by atoms with Crippen LogP contribution in [0.3, 0.4) is 0 Å². The average molecular weight is 211 g/mol. The highest BCUT2D eigenvalue weighted by Gasteiger charge is 2.23. The van der Waals surface area contributed by atoms with E-state index in [0.29, 0.717) is 0 Å². The highest BCUT2D eigenvalue weighted by atomic mass is 14.9. The fraction of sp³-hybridized carbons (Fsp3) is 1.00. The maximum Gasteiger partial charge on any atom is 0.00953 e. The van der Waals surface area contributed by atoms with Crippen LogP contribution < -0.4 is 5.32 Å². The van der Waals surface area contributed by atoms with Crippen molar-refractivity contribution in [2.75, 3.05) is 6.54 Å². The molecule has 1 aliphatic carbocycles. The standard InChI is InChI=1S/C14H29N/c1-3-5-6-9-13-10-7-8-11-14(13)15-12-4-2/h13-15H,3-12H2,1-2H3. The Morgan fingerprint density at radius 2 is 1.80 bits per heavy atom. The molecule has 1 saturated carbocycles. The Hall–Kier alpha value is -0.0400. The van der Waals surface area contributed by atoms with Crippen molar-refractivity contribution in [1.29, 1.82) is 0 Å². The van der Waals surface area contributed by atoms with Crippen molar-refractivity contribution in [2.45, 2.75) is 77.7 Å². The van der Waals surface area contributed by atoms with Gasteiger partial charge >= 0.3 is 0 Å². The highest BCUT2D eigenvalue weighted by Crippen LogP contribution is 2.28. The van der Waals surface area contributed by atoms with Crippen molar-refractivity contribution in [3.63, 3.8) is 0 Å². The molecule has 0 aromatic carbocycles. The molecule has 0 amide bonds. The van der Waals surface area contributed by atoms with Gasteiger partial charge in [0, 0.05) is 6.04 Å². The Morgan fingerprint density at radius 3 is 2.53 bits per heavy atom. The first kappa shape index (κ1) is 13.0. The SMILES string of the molecule is CCCCCC1CCCCC1NCCC. The van der Waals surface area contributed by atoms with E-state index in [4.69, 9.17) is 0 Å². The lowest BCUT2D eigenvalue weighted by molar-refractivity contribution is 0.244. The van der Waals surface area contributed by atoms with Gasteiger partial charge in [0.1, 0.15) is 0 Å². The van der Waals surface area contributed by atoms with Crippen molar-refractivity contribution in [2.24, 2.45) is 5.92 Å². The Bertz CT molecular complexity index is 144. The molecule has 90 valence electrons. The maximum absolute atomic E-state index is 3.75. The molecule has 0 aromatic rings. The fourth-order valence-electron chi connectivity index (χ4n) is 2.81. The molecule has 0 aromatic heterocycles. The predicted octanol–water partition coefficient (Wildman–Crippen LogP) is 4.13.